The fourth-order valence-electron chi connectivity index (χ4n) is 2.64. The van der Waals surface area contributed by atoms with Gasteiger partial charge in [-0.15, -0.1) is 0 Å². The molecule has 1 atom stereocenters. The van der Waals surface area contributed by atoms with E-state index in [0.717, 1.165) is 5.92 Å². The van der Waals surface area contributed by atoms with E-state index in [9.17, 15) is 0 Å². The summed E-state index contributed by atoms with van der Waals surface area (Å²) in [5, 5.41) is 3.21. The average molecular weight is 203 g/mol. The molecule has 0 aromatic heterocycles. The van der Waals surface area contributed by atoms with Crippen LogP contribution in [0, 0.1) is 5.92 Å². The molecule has 0 bridgehead atoms. The lowest BCUT2D eigenvalue weighted by Crippen LogP contribution is -2.14. The normalized spacial score (nSPS) is 19.7. The zero-order valence-corrected chi connectivity index (χ0v) is 9.84. The fraction of sp³-hybridized carbons (Fsp3) is 0.571. The van der Waals surface area contributed by atoms with Gasteiger partial charge in [0.05, 0.1) is 0 Å². The van der Waals surface area contributed by atoms with E-state index in [2.05, 4.69) is 30.4 Å². The number of rotatable bonds is 3. The van der Waals surface area contributed by atoms with Gasteiger partial charge in [-0.25, -0.2) is 0 Å². The first-order chi connectivity index (χ1) is 7.33. The topological polar surface area (TPSA) is 12.0 Å². The summed E-state index contributed by atoms with van der Waals surface area (Å²) in [6.07, 6.45) is 6.68. The van der Waals surface area contributed by atoms with Crippen LogP contribution in [-0.2, 0) is 12.8 Å². The Labute approximate surface area is 92.9 Å². The zero-order chi connectivity index (χ0) is 10.7. The maximum absolute atomic E-state index is 3.21. The van der Waals surface area contributed by atoms with Crippen LogP contribution in [0.25, 0.3) is 0 Å². The van der Waals surface area contributed by atoms with Crippen molar-refractivity contribution in [1.29, 1.82) is 0 Å². The SMILES string of the molecule is CCCC1CCc2cc(NC)ccc2C1. The van der Waals surface area contributed by atoms with Crippen molar-refractivity contribution in [2.45, 2.75) is 39.0 Å². The zero-order valence-electron chi connectivity index (χ0n) is 9.84. The van der Waals surface area contributed by atoms with E-state index >= 15 is 0 Å². The van der Waals surface area contributed by atoms with Crippen LogP contribution in [-0.4, -0.2) is 7.05 Å². The van der Waals surface area contributed by atoms with Crippen LogP contribution in [0.15, 0.2) is 18.2 Å². The summed E-state index contributed by atoms with van der Waals surface area (Å²) in [4.78, 5) is 0. The molecule has 0 aliphatic heterocycles. The van der Waals surface area contributed by atoms with Crippen LogP contribution in [0.4, 0.5) is 5.69 Å². The summed E-state index contributed by atoms with van der Waals surface area (Å²) in [5.74, 6) is 0.933. The van der Waals surface area contributed by atoms with Crippen molar-refractivity contribution in [1.82, 2.24) is 0 Å². The second-order valence-electron chi connectivity index (χ2n) is 4.63. The van der Waals surface area contributed by atoms with Gasteiger partial charge in [0.25, 0.3) is 0 Å². The number of anilines is 1. The Morgan fingerprint density at radius 1 is 1.33 bits per heavy atom. The Kier molecular flexibility index (Phi) is 3.30. The summed E-state index contributed by atoms with van der Waals surface area (Å²) in [6.45, 7) is 2.29. The maximum Gasteiger partial charge on any atom is 0.0340 e. The van der Waals surface area contributed by atoms with E-state index < -0.39 is 0 Å². The van der Waals surface area contributed by atoms with Crippen molar-refractivity contribution in [2.24, 2.45) is 5.92 Å². The van der Waals surface area contributed by atoms with Crippen molar-refractivity contribution >= 4 is 5.69 Å². The molecule has 2 rings (SSSR count). The molecule has 1 aliphatic carbocycles. The number of benzene rings is 1. The van der Waals surface area contributed by atoms with Gasteiger partial charge in [0, 0.05) is 12.7 Å². The van der Waals surface area contributed by atoms with E-state index in [1.54, 1.807) is 11.1 Å². The van der Waals surface area contributed by atoms with Gasteiger partial charge in [-0.3, -0.25) is 0 Å². The molecule has 1 nitrogen and oxygen atoms in total. The minimum atomic E-state index is 0.933. The molecule has 1 unspecified atom stereocenters. The molecular formula is C14H21N. The highest BCUT2D eigenvalue weighted by atomic mass is 14.8. The molecule has 0 radical (unpaired) electrons. The fourth-order valence-corrected chi connectivity index (χ4v) is 2.64. The smallest absolute Gasteiger partial charge is 0.0340 e. The third kappa shape index (κ3) is 2.34. The Balaban J connectivity index is 2.13. The molecule has 0 spiro atoms. The number of aryl methyl sites for hydroxylation is 1. The molecule has 1 heteroatoms. The van der Waals surface area contributed by atoms with Gasteiger partial charge in [-0.05, 0) is 48.4 Å². The quantitative estimate of drug-likeness (QED) is 0.791. The van der Waals surface area contributed by atoms with E-state index in [0.29, 0.717) is 0 Å². The molecule has 0 amide bonds. The molecule has 0 heterocycles. The van der Waals surface area contributed by atoms with E-state index in [4.69, 9.17) is 0 Å². The highest BCUT2D eigenvalue weighted by Crippen LogP contribution is 2.29. The molecule has 0 saturated heterocycles. The molecule has 1 N–H and O–H groups in total. The summed E-state index contributed by atoms with van der Waals surface area (Å²) < 4.78 is 0. The molecule has 0 saturated carbocycles. The van der Waals surface area contributed by atoms with Gasteiger partial charge < -0.3 is 5.32 Å². The van der Waals surface area contributed by atoms with Crippen molar-refractivity contribution in [2.75, 3.05) is 12.4 Å². The van der Waals surface area contributed by atoms with Crippen molar-refractivity contribution < 1.29 is 0 Å². The first kappa shape index (κ1) is 10.5. The second-order valence-corrected chi connectivity index (χ2v) is 4.63. The van der Waals surface area contributed by atoms with Gasteiger partial charge >= 0.3 is 0 Å². The summed E-state index contributed by atoms with van der Waals surface area (Å²) in [7, 11) is 1.99. The largest absolute Gasteiger partial charge is 0.388 e. The lowest BCUT2D eigenvalue weighted by molar-refractivity contribution is 0.423. The standard InChI is InChI=1S/C14H21N/c1-3-4-11-5-6-13-10-14(15-2)8-7-12(13)9-11/h7-8,10-11,15H,3-6,9H2,1-2H3. The van der Waals surface area contributed by atoms with Crippen LogP contribution < -0.4 is 5.32 Å². The van der Waals surface area contributed by atoms with Crippen molar-refractivity contribution in [3.05, 3.63) is 29.3 Å². The van der Waals surface area contributed by atoms with E-state index in [1.165, 1.54) is 37.8 Å². The Hall–Kier alpha value is -0.980. The first-order valence-electron chi connectivity index (χ1n) is 6.13. The van der Waals surface area contributed by atoms with Crippen LogP contribution in [0.2, 0.25) is 0 Å². The average Bonchev–Trinajstić information content (AvgIpc) is 2.29. The van der Waals surface area contributed by atoms with Gasteiger partial charge in [-0.2, -0.15) is 0 Å². The number of nitrogens with one attached hydrogen (secondary N) is 1. The van der Waals surface area contributed by atoms with Crippen molar-refractivity contribution in [3.8, 4) is 0 Å². The van der Waals surface area contributed by atoms with Gasteiger partial charge in [-0.1, -0.05) is 25.8 Å². The molecule has 1 aromatic carbocycles. The Morgan fingerprint density at radius 2 is 2.20 bits per heavy atom. The highest BCUT2D eigenvalue weighted by molar-refractivity contribution is 5.49. The monoisotopic (exact) mass is 203 g/mol. The van der Waals surface area contributed by atoms with E-state index in [-0.39, 0.29) is 0 Å². The molecule has 0 fully saturated rings. The lowest BCUT2D eigenvalue weighted by atomic mass is 9.81. The number of hydrogen-bond acceptors (Lipinski definition) is 1. The first-order valence-corrected chi connectivity index (χ1v) is 6.13. The number of hydrogen-bond donors (Lipinski definition) is 1. The lowest BCUT2D eigenvalue weighted by Gasteiger charge is -2.24. The summed E-state index contributed by atoms with van der Waals surface area (Å²) >= 11 is 0. The third-order valence-corrected chi connectivity index (χ3v) is 3.52. The van der Waals surface area contributed by atoms with E-state index in [1.807, 2.05) is 7.05 Å². The number of fused-ring (bicyclic) bond motifs is 1. The molecule has 1 aliphatic rings. The van der Waals surface area contributed by atoms with Crippen LogP contribution in [0.1, 0.15) is 37.3 Å². The third-order valence-electron chi connectivity index (χ3n) is 3.52. The van der Waals surface area contributed by atoms with Gasteiger partial charge in [0.2, 0.25) is 0 Å². The van der Waals surface area contributed by atoms with Crippen LogP contribution >= 0.6 is 0 Å². The Morgan fingerprint density at radius 3 is 2.93 bits per heavy atom. The highest BCUT2D eigenvalue weighted by Gasteiger charge is 2.17. The molecule has 82 valence electrons. The molecular weight excluding hydrogens is 182 g/mol. The summed E-state index contributed by atoms with van der Waals surface area (Å²) in [6, 6.07) is 6.83. The predicted molar refractivity (Wildman–Crippen MR) is 66.4 cm³/mol. The van der Waals surface area contributed by atoms with Crippen LogP contribution in [0.3, 0.4) is 0 Å². The maximum atomic E-state index is 3.21. The summed E-state index contributed by atoms with van der Waals surface area (Å²) in [5.41, 5.74) is 4.40. The molecule has 15 heavy (non-hydrogen) atoms. The molecule has 1 aromatic rings. The van der Waals surface area contributed by atoms with Crippen LogP contribution in [0.5, 0.6) is 0 Å². The minimum absolute atomic E-state index is 0.933. The van der Waals surface area contributed by atoms with Gasteiger partial charge in [0.1, 0.15) is 0 Å². The Bertz CT molecular complexity index is 330. The van der Waals surface area contributed by atoms with Crippen molar-refractivity contribution in [3.63, 3.8) is 0 Å². The van der Waals surface area contributed by atoms with Gasteiger partial charge in [0.15, 0.2) is 0 Å². The second kappa shape index (κ2) is 4.69. The predicted octanol–water partition coefficient (Wildman–Crippen LogP) is 3.63. The minimum Gasteiger partial charge on any atom is -0.388 e.